The number of ketones is 1. The first-order valence-corrected chi connectivity index (χ1v) is 3.55. The molecule has 0 unspecified atom stereocenters. The van der Waals surface area contributed by atoms with E-state index in [-0.39, 0.29) is 11.3 Å². The van der Waals surface area contributed by atoms with Gasteiger partial charge in [-0.3, -0.25) is 24.7 Å². The molecule has 0 aromatic carbocycles. The van der Waals surface area contributed by atoms with Gasteiger partial charge in [0.25, 0.3) is 11.7 Å². The third-order valence-corrected chi connectivity index (χ3v) is 1.70. The molecule has 1 aromatic rings. The van der Waals surface area contributed by atoms with E-state index in [4.69, 9.17) is 0 Å². The molecule has 2 rings (SSSR count). The van der Waals surface area contributed by atoms with E-state index < -0.39 is 17.6 Å². The van der Waals surface area contributed by atoms with Crippen molar-refractivity contribution < 1.29 is 14.4 Å². The van der Waals surface area contributed by atoms with Crippen molar-refractivity contribution in [3.8, 4) is 0 Å². The number of aromatic nitrogens is 1. The minimum absolute atomic E-state index is 0.0729. The predicted octanol–water partition coefficient (Wildman–Crippen LogP) is -0.466. The predicted molar refractivity (Wildman–Crippen MR) is 41.0 cm³/mol. The normalized spacial score (nSPS) is 15.2. The number of hydrogen-bond acceptors (Lipinski definition) is 4. The summed E-state index contributed by atoms with van der Waals surface area (Å²) in [4.78, 5) is 36.8. The molecule has 64 valence electrons. The second-order valence-electron chi connectivity index (χ2n) is 2.51. The molecule has 5 heteroatoms. The number of Topliss-reactive ketones (excluding diaryl/α,β-unsaturated/α-hetero) is 1. The first-order valence-electron chi connectivity index (χ1n) is 3.55. The van der Waals surface area contributed by atoms with Crippen LogP contribution in [-0.2, 0) is 4.79 Å². The van der Waals surface area contributed by atoms with Crippen molar-refractivity contribution in [3.63, 3.8) is 0 Å². The molecule has 0 saturated heterocycles. The van der Waals surface area contributed by atoms with Gasteiger partial charge in [-0.25, -0.2) is 0 Å². The van der Waals surface area contributed by atoms with Crippen LogP contribution in [0.1, 0.15) is 20.8 Å². The smallest absolute Gasteiger partial charge is 0.285 e. The molecular weight excluding hydrogens is 172 g/mol. The number of carbonyl (C=O) groups excluding carboxylic acids is 3. The van der Waals surface area contributed by atoms with Crippen LogP contribution in [0.5, 0.6) is 0 Å². The van der Waals surface area contributed by atoms with E-state index in [1.165, 1.54) is 18.3 Å². The molecule has 0 saturated carbocycles. The largest absolute Gasteiger partial charge is 0.300 e. The molecule has 5 nitrogen and oxygen atoms in total. The van der Waals surface area contributed by atoms with Gasteiger partial charge in [-0.15, -0.1) is 0 Å². The Kier molecular flexibility index (Phi) is 1.45. The van der Waals surface area contributed by atoms with Crippen LogP contribution in [0.25, 0.3) is 0 Å². The molecule has 1 aliphatic rings. The molecule has 1 aromatic heterocycles. The fourth-order valence-electron chi connectivity index (χ4n) is 1.10. The van der Waals surface area contributed by atoms with E-state index >= 15 is 0 Å². The highest BCUT2D eigenvalue weighted by atomic mass is 16.2. The highest BCUT2D eigenvalue weighted by Gasteiger charge is 2.30. The number of hydrogen-bond donors (Lipinski definition) is 1. The van der Waals surface area contributed by atoms with Crippen LogP contribution < -0.4 is 5.32 Å². The number of amides is 2. The van der Waals surface area contributed by atoms with Gasteiger partial charge in [0.2, 0.25) is 0 Å². The molecule has 2 amide bonds. The van der Waals surface area contributed by atoms with Gasteiger partial charge in [0.05, 0.1) is 5.56 Å². The van der Waals surface area contributed by atoms with Crippen LogP contribution in [0.4, 0.5) is 0 Å². The Hall–Kier alpha value is -2.04. The average molecular weight is 176 g/mol. The third-order valence-electron chi connectivity index (χ3n) is 1.70. The first-order chi connectivity index (χ1) is 6.20. The van der Waals surface area contributed by atoms with Crippen molar-refractivity contribution in [3.05, 3.63) is 29.6 Å². The van der Waals surface area contributed by atoms with Gasteiger partial charge in [0.1, 0.15) is 5.69 Å². The summed E-state index contributed by atoms with van der Waals surface area (Å²) in [5.41, 5.74) is 0.0725. The van der Waals surface area contributed by atoms with Crippen LogP contribution >= 0.6 is 0 Å². The molecule has 0 bridgehead atoms. The monoisotopic (exact) mass is 176 g/mol. The molecule has 13 heavy (non-hydrogen) atoms. The van der Waals surface area contributed by atoms with Gasteiger partial charge in [-0.05, 0) is 12.1 Å². The summed E-state index contributed by atoms with van der Waals surface area (Å²) >= 11 is 0. The summed E-state index contributed by atoms with van der Waals surface area (Å²) in [6.45, 7) is 0. The van der Waals surface area contributed by atoms with Gasteiger partial charge < -0.3 is 0 Å². The average Bonchev–Trinajstić information content (AvgIpc) is 2.15. The summed E-state index contributed by atoms with van der Waals surface area (Å²) in [5, 5.41) is 1.92. The van der Waals surface area contributed by atoms with Crippen LogP contribution in [-0.4, -0.2) is 22.6 Å². The van der Waals surface area contributed by atoms with E-state index in [2.05, 4.69) is 4.98 Å². The van der Waals surface area contributed by atoms with E-state index in [9.17, 15) is 14.4 Å². The zero-order chi connectivity index (χ0) is 9.42. The molecule has 0 fully saturated rings. The van der Waals surface area contributed by atoms with Crippen LogP contribution in [0.2, 0.25) is 0 Å². The minimum atomic E-state index is -0.920. The van der Waals surface area contributed by atoms with E-state index in [1.807, 2.05) is 5.32 Å². The van der Waals surface area contributed by atoms with Gasteiger partial charge >= 0.3 is 5.91 Å². The lowest BCUT2D eigenvalue weighted by Gasteiger charge is -2.11. The number of fused-ring (bicyclic) bond motifs is 1. The quantitative estimate of drug-likeness (QED) is 0.428. The number of nitrogens with zero attached hydrogens (tertiary/aromatic N) is 1. The maximum atomic E-state index is 11.1. The Morgan fingerprint density at radius 3 is 2.69 bits per heavy atom. The van der Waals surface area contributed by atoms with E-state index in [1.54, 1.807) is 0 Å². The fourth-order valence-corrected chi connectivity index (χ4v) is 1.10. The summed E-state index contributed by atoms with van der Waals surface area (Å²) in [7, 11) is 0. The number of pyridine rings is 1. The maximum Gasteiger partial charge on any atom is 0.300 e. The summed E-state index contributed by atoms with van der Waals surface area (Å²) in [5.74, 6) is -2.26. The van der Waals surface area contributed by atoms with Crippen LogP contribution in [0.3, 0.4) is 0 Å². The summed E-state index contributed by atoms with van der Waals surface area (Å²) in [6.07, 6.45) is 1.36. The standard InChI is InChI=1S/C8H4N2O3/c11-6-5-4(2-1-3-9-5)7(12)10-8(6)13/h1-3H,(H,10,12,13). The van der Waals surface area contributed by atoms with Crippen molar-refractivity contribution in [1.82, 2.24) is 10.3 Å². The molecule has 1 aliphatic heterocycles. The highest BCUT2D eigenvalue weighted by Crippen LogP contribution is 2.10. The van der Waals surface area contributed by atoms with Crippen molar-refractivity contribution >= 4 is 17.6 Å². The second-order valence-corrected chi connectivity index (χ2v) is 2.51. The number of nitrogens with one attached hydrogen (secondary N) is 1. The Balaban J connectivity index is 2.67. The topological polar surface area (TPSA) is 76.1 Å². The van der Waals surface area contributed by atoms with E-state index in [0.29, 0.717) is 0 Å². The zero-order valence-corrected chi connectivity index (χ0v) is 6.40. The van der Waals surface area contributed by atoms with Crippen LogP contribution in [0, 0.1) is 0 Å². The van der Waals surface area contributed by atoms with E-state index in [0.717, 1.165) is 0 Å². The summed E-state index contributed by atoms with van der Waals surface area (Å²) < 4.78 is 0. The van der Waals surface area contributed by atoms with Gasteiger partial charge in [-0.1, -0.05) is 0 Å². The van der Waals surface area contributed by atoms with Crippen molar-refractivity contribution in [2.24, 2.45) is 0 Å². The molecule has 0 radical (unpaired) electrons. The van der Waals surface area contributed by atoms with Gasteiger partial charge in [-0.2, -0.15) is 0 Å². The Bertz CT molecular complexity index is 425. The van der Waals surface area contributed by atoms with Gasteiger partial charge in [0.15, 0.2) is 0 Å². The van der Waals surface area contributed by atoms with Crippen LogP contribution in [0.15, 0.2) is 18.3 Å². The SMILES string of the molecule is O=C1NC(=O)c2cccnc2C1=O. The lowest BCUT2D eigenvalue weighted by atomic mass is 10.1. The summed E-state index contributed by atoms with van der Waals surface area (Å²) in [6, 6.07) is 2.98. The molecule has 0 aliphatic carbocycles. The Labute approximate surface area is 72.8 Å². The fraction of sp³-hybridized carbons (Fsp3) is 0. The lowest BCUT2D eigenvalue weighted by molar-refractivity contribution is -0.116. The third kappa shape index (κ3) is 1.01. The molecule has 0 atom stereocenters. The Morgan fingerprint density at radius 2 is 1.92 bits per heavy atom. The molecule has 2 heterocycles. The van der Waals surface area contributed by atoms with Crippen molar-refractivity contribution in [2.75, 3.05) is 0 Å². The molecular formula is C8H4N2O3. The van der Waals surface area contributed by atoms with Crippen molar-refractivity contribution in [1.29, 1.82) is 0 Å². The maximum absolute atomic E-state index is 11.1. The molecule has 1 N–H and O–H groups in total. The number of imide groups is 1. The first kappa shape index (κ1) is 7.60. The Morgan fingerprint density at radius 1 is 1.15 bits per heavy atom. The second kappa shape index (κ2) is 2.48. The number of carbonyl (C=O) groups is 3. The zero-order valence-electron chi connectivity index (χ0n) is 6.40. The molecule has 0 spiro atoms. The van der Waals surface area contributed by atoms with Crippen molar-refractivity contribution in [2.45, 2.75) is 0 Å². The lowest BCUT2D eigenvalue weighted by Crippen LogP contribution is -2.42. The number of rotatable bonds is 0. The highest BCUT2D eigenvalue weighted by molar-refractivity contribution is 6.48. The minimum Gasteiger partial charge on any atom is -0.285 e. The van der Waals surface area contributed by atoms with Gasteiger partial charge in [0, 0.05) is 6.20 Å².